The van der Waals surface area contributed by atoms with Gasteiger partial charge in [-0.15, -0.1) is 0 Å². The molecule has 0 unspecified atom stereocenters. The summed E-state index contributed by atoms with van der Waals surface area (Å²) in [5.41, 5.74) is 0.514. The molecular formula is C18H16FN3O5S. The first-order chi connectivity index (χ1) is 13.2. The van der Waals surface area contributed by atoms with E-state index >= 15 is 0 Å². The number of anilines is 1. The molecule has 1 amide bonds. The first-order valence-corrected chi connectivity index (χ1v) is 9.53. The normalized spacial score (nSPS) is 10.6. The van der Waals surface area contributed by atoms with Crippen molar-refractivity contribution in [1.29, 1.82) is 5.26 Å². The number of halogens is 1. The maximum absolute atomic E-state index is 13.2. The second kappa shape index (κ2) is 8.96. The van der Waals surface area contributed by atoms with Crippen molar-refractivity contribution >= 4 is 27.6 Å². The number of esters is 1. The minimum Gasteiger partial charge on any atom is -0.468 e. The summed E-state index contributed by atoms with van der Waals surface area (Å²) in [6.07, 6.45) is 0. The number of nitrogens with zero attached hydrogens (tertiary/aromatic N) is 1. The lowest BCUT2D eigenvalue weighted by atomic mass is 10.1. The third-order valence-corrected chi connectivity index (χ3v) is 4.82. The van der Waals surface area contributed by atoms with E-state index in [1.807, 2.05) is 0 Å². The third-order valence-electron chi connectivity index (χ3n) is 3.58. The molecule has 0 aliphatic carbocycles. The highest BCUT2D eigenvalue weighted by atomic mass is 32.2. The zero-order valence-corrected chi connectivity index (χ0v) is 15.5. The molecule has 0 atom stereocenters. The molecule has 2 aromatic rings. The average molecular weight is 405 g/mol. The fraction of sp³-hybridized carbons (Fsp3) is 0.167. The highest BCUT2D eigenvalue weighted by Crippen LogP contribution is 2.17. The van der Waals surface area contributed by atoms with Crippen molar-refractivity contribution in [3.8, 4) is 6.07 Å². The van der Waals surface area contributed by atoms with Gasteiger partial charge in [0.1, 0.15) is 12.4 Å². The maximum Gasteiger partial charge on any atom is 0.325 e. The molecule has 0 radical (unpaired) electrons. The Morgan fingerprint density at radius 3 is 2.46 bits per heavy atom. The molecule has 0 fully saturated rings. The van der Waals surface area contributed by atoms with Crippen LogP contribution in [0.5, 0.6) is 0 Å². The quantitative estimate of drug-likeness (QED) is 0.673. The van der Waals surface area contributed by atoms with Crippen molar-refractivity contribution < 1.29 is 27.1 Å². The van der Waals surface area contributed by atoms with E-state index in [9.17, 15) is 22.4 Å². The summed E-state index contributed by atoms with van der Waals surface area (Å²) in [5, 5.41) is 11.4. The van der Waals surface area contributed by atoms with Crippen LogP contribution in [-0.2, 0) is 25.3 Å². The Hall–Kier alpha value is -3.45. The van der Waals surface area contributed by atoms with Gasteiger partial charge in [0.2, 0.25) is 10.0 Å². The van der Waals surface area contributed by atoms with Crippen LogP contribution in [0, 0.1) is 17.1 Å². The molecule has 10 heteroatoms. The molecule has 0 heterocycles. The van der Waals surface area contributed by atoms with E-state index in [4.69, 9.17) is 5.26 Å². The van der Waals surface area contributed by atoms with Gasteiger partial charge in [0.25, 0.3) is 5.91 Å². The fourth-order valence-electron chi connectivity index (χ4n) is 2.22. The van der Waals surface area contributed by atoms with E-state index in [-0.39, 0.29) is 28.9 Å². The molecule has 0 spiro atoms. The van der Waals surface area contributed by atoms with Gasteiger partial charge in [-0.3, -0.25) is 14.3 Å². The number of nitrogens with one attached hydrogen (secondary N) is 2. The van der Waals surface area contributed by atoms with E-state index in [1.54, 1.807) is 6.07 Å². The van der Waals surface area contributed by atoms with Crippen molar-refractivity contribution in [2.24, 2.45) is 0 Å². The Balaban J connectivity index is 2.06. The molecule has 0 saturated heterocycles. The summed E-state index contributed by atoms with van der Waals surface area (Å²) in [4.78, 5) is 22.9. The number of ether oxygens (including phenoxy) is 1. The molecule has 2 aromatic carbocycles. The SMILES string of the molecule is COC(=O)CNC(=O)c1ccc(NS(=O)(=O)Cc2ccc(F)cc2C#N)cc1. The second-order valence-electron chi connectivity index (χ2n) is 5.61. The molecule has 28 heavy (non-hydrogen) atoms. The number of sulfonamides is 1. The Bertz CT molecular complexity index is 1030. The average Bonchev–Trinajstić information content (AvgIpc) is 2.67. The van der Waals surface area contributed by atoms with Gasteiger partial charge in [0, 0.05) is 11.3 Å². The highest BCUT2D eigenvalue weighted by Gasteiger charge is 2.16. The number of methoxy groups -OCH3 is 1. The summed E-state index contributed by atoms with van der Waals surface area (Å²) in [5.74, 6) is -2.27. The molecule has 0 aliphatic rings. The number of amides is 1. The van der Waals surface area contributed by atoms with Crippen LogP contribution >= 0.6 is 0 Å². The van der Waals surface area contributed by atoms with E-state index in [0.717, 1.165) is 12.1 Å². The first-order valence-electron chi connectivity index (χ1n) is 7.88. The monoisotopic (exact) mass is 405 g/mol. The first kappa shape index (κ1) is 20.9. The van der Waals surface area contributed by atoms with Crippen LogP contribution in [0.15, 0.2) is 42.5 Å². The number of benzene rings is 2. The van der Waals surface area contributed by atoms with Crippen LogP contribution < -0.4 is 10.0 Å². The Labute approximate surface area is 161 Å². The van der Waals surface area contributed by atoms with Crippen molar-refractivity contribution in [2.75, 3.05) is 18.4 Å². The summed E-state index contributed by atoms with van der Waals surface area (Å²) in [6.45, 7) is -0.289. The van der Waals surface area contributed by atoms with E-state index < -0.39 is 33.5 Å². The largest absolute Gasteiger partial charge is 0.468 e. The lowest BCUT2D eigenvalue weighted by Gasteiger charge is -2.10. The van der Waals surface area contributed by atoms with Crippen molar-refractivity contribution in [3.63, 3.8) is 0 Å². The van der Waals surface area contributed by atoms with Crippen LogP contribution in [0.4, 0.5) is 10.1 Å². The molecule has 2 rings (SSSR count). The summed E-state index contributed by atoms with van der Waals surface area (Å²) in [7, 11) is -2.68. The van der Waals surface area contributed by atoms with Crippen molar-refractivity contribution in [1.82, 2.24) is 5.32 Å². The molecule has 8 nitrogen and oxygen atoms in total. The van der Waals surface area contributed by atoms with Gasteiger partial charge < -0.3 is 10.1 Å². The zero-order valence-electron chi connectivity index (χ0n) is 14.7. The van der Waals surface area contributed by atoms with Crippen LogP contribution in [0.2, 0.25) is 0 Å². The molecular weight excluding hydrogens is 389 g/mol. The van der Waals surface area contributed by atoms with Gasteiger partial charge >= 0.3 is 5.97 Å². The Kier molecular flexibility index (Phi) is 6.68. The number of hydrogen-bond acceptors (Lipinski definition) is 6. The van der Waals surface area contributed by atoms with Gasteiger partial charge in [-0.05, 0) is 42.0 Å². The summed E-state index contributed by atoms with van der Waals surface area (Å²) >= 11 is 0. The lowest BCUT2D eigenvalue weighted by Crippen LogP contribution is -2.30. The van der Waals surface area contributed by atoms with Crippen LogP contribution in [0.1, 0.15) is 21.5 Å². The van der Waals surface area contributed by atoms with E-state index in [1.165, 1.54) is 37.4 Å². The van der Waals surface area contributed by atoms with Gasteiger partial charge in [0.05, 0.1) is 24.5 Å². The molecule has 0 saturated carbocycles. The minimum atomic E-state index is -3.88. The lowest BCUT2D eigenvalue weighted by molar-refractivity contribution is -0.139. The number of carbonyl (C=O) groups excluding carboxylic acids is 2. The smallest absolute Gasteiger partial charge is 0.325 e. The van der Waals surface area contributed by atoms with Crippen LogP contribution in [0.25, 0.3) is 0 Å². The maximum atomic E-state index is 13.2. The number of carbonyl (C=O) groups is 2. The molecule has 146 valence electrons. The summed E-state index contributed by atoms with van der Waals surface area (Å²) < 4.78 is 44.5. The predicted molar refractivity (Wildman–Crippen MR) is 98.2 cm³/mol. The Morgan fingerprint density at radius 2 is 1.86 bits per heavy atom. The van der Waals surface area contributed by atoms with Crippen LogP contribution in [0.3, 0.4) is 0 Å². The van der Waals surface area contributed by atoms with Crippen molar-refractivity contribution in [2.45, 2.75) is 5.75 Å². The number of rotatable bonds is 7. The number of hydrogen-bond donors (Lipinski definition) is 2. The predicted octanol–water partition coefficient (Wildman–Crippen LogP) is 1.54. The standard InChI is InChI=1S/C18H16FN3O5S/c1-27-17(23)10-21-18(24)12-3-6-16(7-4-12)22-28(25,26)11-13-2-5-15(19)8-14(13)9-20/h2-8,22H,10-11H2,1H3,(H,21,24). The van der Waals surface area contributed by atoms with E-state index in [0.29, 0.717) is 0 Å². The topological polar surface area (TPSA) is 125 Å². The molecule has 0 aliphatic heterocycles. The second-order valence-corrected chi connectivity index (χ2v) is 7.33. The molecule has 0 aromatic heterocycles. The van der Waals surface area contributed by atoms with E-state index in [2.05, 4.69) is 14.8 Å². The van der Waals surface area contributed by atoms with Crippen molar-refractivity contribution in [3.05, 3.63) is 65.0 Å². The summed E-state index contributed by atoms with van der Waals surface area (Å²) in [6, 6.07) is 10.5. The molecule has 0 bridgehead atoms. The molecule has 2 N–H and O–H groups in total. The van der Waals surface area contributed by atoms with Gasteiger partial charge in [-0.1, -0.05) is 6.07 Å². The van der Waals surface area contributed by atoms with Crippen LogP contribution in [-0.4, -0.2) is 33.9 Å². The number of nitriles is 1. The Morgan fingerprint density at radius 1 is 1.18 bits per heavy atom. The minimum absolute atomic E-state index is 0.0667. The zero-order chi connectivity index (χ0) is 20.7. The van der Waals surface area contributed by atoms with Gasteiger partial charge in [0.15, 0.2) is 0 Å². The fourth-order valence-corrected chi connectivity index (χ4v) is 3.44. The van der Waals surface area contributed by atoms with Gasteiger partial charge in [-0.25, -0.2) is 12.8 Å². The third kappa shape index (κ3) is 5.78. The highest BCUT2D eigenvalue weighted by molar-refractivity contribution is 7.91. The van der Waals surface area contributed by atoms with Gasteiger partial charge in [-0.2, -0.15) is 5.26 Å².